The lowest BCUT2D eigenvalue weighted by Gasteiger charge is -2.57. The van der Waals surface area contributed by atoms with Gasteiger partial charge in [-0.05, 0) is 43.4 Å². The van der Waals surface area contributed by atoms with Crippen molar-refractivity contribution in [2.24, 2.45) is 0 Å². The van der Waals surface area contributed by atoms with E-state index in [0.717, 1.165) is 35.7 Å². The van der Waals surface area contributed by atoms with Gasteiger partial charge < -0.3 is 10.2 Å². The van der Waals surface area contributed by atoms with Crippen LogP contribution >= 0.6 is 15.9 Å². The molecule has 5 rings (SSSR count). The number of carbonyl (C=O) groups excluding carboxylic acids is 1. The van der Waals surface area contributed by atoms with Crippen molar-refractivity contribution in [3.8, 4) is 0 Å². The molecule has 4 heterocycles. The molecule has 3 nitrogen and oxygen atoms in total. The van der Waals surface area contributed by atoms with Gasteiger partial charge >= 0.3 is 0 Å². The summed E-state index contributed by atoms with van der Waals surface area (Å²) in [5.41, 5.74) is 1.11. The number of halogens is 1. The van der Waals surface area contributed by atoms with Gasteiger partial charge in [0.2, 0.25) is 5.91 Å². The molecule has 0 unspecified atom stereocenters. The molecule has 4 aliphatic heterocycles. The number of benzene rings is 1. The molecule has 20 heavy (non-hydrogen) atoms. The fourth-order valence-corrected chi connectivity index (χ4v) is 4.82. The predicted octanol–water partition coefficient (Wildman–Crippen LogP) is 2.49. The van der Waals surface area contributed by atoms with Gasteiger partial charge in [0.05, 0.1) is 6.42 Å². The van der Waals surface area contributed by atoms with Crippen LogP contribution in [0.5, 0.6) is 0 Å². The zero-order chi connectivity index (χ0) is 13.7. The first kappa shape index (κ1) is 12.8. The Hall–Kier alpha value is -0.870. The zero-order valence-corrected chi connectivity index (χ0v) is 13.0. The van der Waals surface area contributed by atoms with E-state index in [1.807, 2.05) is 18.2 Å². The molecule has 106 valence electrons. The molecule has 4 aliphatic rings. The summed E-state index contributed by atoms with van der Waals surface area (Å²) < 4.78 is 1.05. The first-order chi connectivity index (χ1) is 9.69. The molecule has 0 aromatic heterocycles. The van der Waals surface area contributed by atoms with Crippen molar-refractivity contribution in [2.45, 2.75) is 56.3 Å². The van der Waals surface area contributed by atoms with E-state index in [2.05, 4.69) is 32.2 Å². The third-order valence-electron chi connectivity index (χ3n) is 5.02. The lowest BCUT2D eigenvalue weighted by molar-refractivity contribution is -0.144. The largest absolute Gasteiger partial charge is 0.336 e. The smallest absolute Gasteiger partial charge is 0.227 e. The van der Waals surface area contributed by atoms with Crippen LogP contribution in [-0.2, 0) is 11.2 Å². The Balaban J connectivity index is 1.51. The van der Waals surface area contributed by atoms with Gasteiger partial charge in [0.15, 0.2) is 0 Å². The number of carbonyl (C=O) groups is 1. The Morgan fingerprint density at radius 1 is 1.20 bits per heavy atom. The van der Waals surface area contributed by atoms with Crippen molar-refractivity contribution >= 4 is 21.8 Å². The van der Waals surface area contributed by atoms with Crippen LogP contribution in [0.3, 0.4) is 0 Å². The molecular weight excluding hydrogens is 316 g/mol. The first-order valence-corrected chi connectivity index (χ1v) is 8.30. The van der Waals surface area contributed by atoms with Crippen molar-refractivity contribution in [1.82, 2.24) is 10.2 Å². The van der Waals surface area contributed by atoms with Crippen molar-refractivity contribution in [3.63, 3.8) is 0 Å². The Labute approximate surface area is 127 Å². The Morgan fingerprint density at radius 3 is 2.45 bits per heavy atom. The first-order valence-electron chi connectivity index (χ1n) is 7.50. The molecule has 1 amide bonds. The number of nitrogens with one attached hydrogen (secondary N) is 1. The van der Waals surface area contributed by atoms with E-state index in [0.29, 0.717) is 36.5 Å². The average Bonchev–Trinajstić information content (AvgIpc) is 2.37. The maximum absolute atomic E-state index is 12.7. The van der Waals surface area contributed by atoms with E-state index in [9.17, 15) is 4.79 Å². The predicted molar refractivity (Wildman–Crippen MR) is 81.4 cm³/mol. The maximum Gasteiger partial charge on any atom is 0.227 e. The van der Waals surface area contributed by atoms with Crippen molar-refractivity contribution in [3.05, 3.63) is 34.3 Å². The molecule has 1 aromatic carbocycles. The van der Waals surface area contributed by atoms with Gasteiger partial charge in [-0.15, -0.1) is 0 Å². The summed E-state index contributed by atoms with van der Waals surface area (Å²) in [6.07, 6.45) is 5.14. The van der Waals surface area contributed by atoms with Gasteiger partial charge in [0.1, 0.15) is 0 Å². The Bertz CT molecular complexity index is 517. The van der Waals surface area contributed by atoms with Crippen molar-refractivity contribution < 1.29 is 4.79 Å². The summed E-state index contributed by atoms with van der Waals surface area (Å²) in [5, 5.41) is 3.69. The lowest BCUT2D eigenvalue weighted by atomic mass is 9.74. The second kappa shape index (κ2) is 4.85. The number of hydrogen-bond acceptors (Lipinski definition) is 2. The Kier molecular flexibility index (Phi) is 3.11. The van der Waals surface area contributed by atoms with Crippen LogP contribution in [0.15, 0.2) is 28.7 Å². The minimum atomic E-state index is 0.317. The average molecular weight is 335 g/mol. The van der Waals surface area contributed by atoms with Crippen molar-refractivity contribution in [2.75, 3.05) is 0 Å². The molecule has 0 radical (unpaired) electrons. The van der Waals surface area contributed by atoms with Crippen LogP contribution in [0.4, 0.5) is 0 Å². The minimum Gasteiger partial charge on any atom is -0.336 e. The summed E-state index contributed by atoms with van der Waals surface area (Å²) in [6, 6.07) is 10.4. The minimum absolute atomic E-state index is 0.317. The quantitative estimate of drug-likeness (QED) is 0.901. The van der Waals surface area contributed by atoms with E-state index >= 15 is 0 Å². The van der Waals surface area contributed by atoms with Gasteiger partial charge in [0.25, 0.3) is 0 Å². The van der Waals surface area contributed by atoms with E-state index in [1.54, 1.807) is 0 Å². The van der Waals surface area contributed by atoms with Crippen LogP contribution in [0.25, 0.3) is 0 Å². The summed E-state index contributed by atoms with van der Waals surface area (Å²) >= 11 is 3.48. The van der Waals surface area contributed by atoms with Crippen LogP contribution in [0.2, 0.25) is 0 Å². The lowest BCUT2D eigenvalue weighted by Crippen LogP contribution is -2.68. The highest BCUT2D eigenvalue weighted by atomic mass is 79.9. The van der Waals surface area contributed by atoms with Gasteiger partial charge in [0, 0.05) is 28.6 Å². The van der Waals surface area contributed by atoms with Crippen molar-refractivity contribution in [1.29, 1.82) is 0 Å². The van der Waals surface area contributed by atoms with Crippen LogP contribution in [-0.4, -0.2) is 35.0 Å². The second-order valence-electron chi connectivity index (χ2n) is 6.42. The normalized spacial score (nSPS) is 34.5. The van der Waals surface area contributed by atoms with Crippen LogP contribution in [0, 0.1) is 0 Å². The van der Waals surface area contributed by atoms with Gasteiger partial charge in [-0.1, -0.05) is 28.1 Å². The number of piperidine rings is 4. The zero-order valence-electron chi connectivity index (χ0n) is 11.4. The molecule has 1 aromatic rings. The number of rotatable bonds is 2. The molecule has 4 saturated heterocycles. The highest BCUT2D eigenvalue weighted by Gasteiger charge is 2.48. The number of hydrogen-bond donors (Lipinski definition) is 1. The molecule has 1 N–H and O–H groups in total. The highest BCUT2D eigenvalue weighted by Crippen LogP contribution is 2.39. The van der Waals surface area contributed by atoms with Gasteiger partial charge in [-0.2, -0.15) is 0 Å². The summed E-state index contributed by atoms with van der Waals surface area (Å²) in [4.78, 5) is 14.9. The van der Waals surface area contributed by atoms with Gasteiger partial charge in [-0.25, -0.2) is 0 Å². The summed E-state index contributed by atoms with van der Waals surface area (Å²) in [6.45, 7) is 0. The Morgan fingerprint density at radius 2 is 1.85 bits per heavy atom. The fraction of sp³-hybridized carbons (Fsp3) is 0.562. The van der Waals surface area contributed by atoms with Crippen LogP contribution < -0.4 is 5.32 Å². The van der Waals surface area contributed by atoms with E-state index < -0.39 is 0 Å². The highest BCUT2D eigenvalue weighted by molar-refractivity contribution is 9.10. The standard InChI is InChI=1S/C16H19BrN2O/c17-11-3-1-2-10(4-11)5-16(20)19-14-6-12-7-15(19)9-13(8-14)18-12/h1-4,12-15,18H,5-9H2. The summed E-state index contributed by atoms with van der Waals surface area (Å²) in [7, 11) is 0. The molecule has 4 bridgehead atoms. The monoisotopic (exact) mass is 334 g/mol. The van der Waals surface area contributed by atoms with E-state index in [1.165, 1.54) is 0 Å². The molecule has 4 fully saturated rings. The third-order valence-corrected chi connectivity index (χ3v) is 5.51. The van der Waals surface area contributed by atoms with E-state index in [4.69, 9.17) is 0 Å². The molecular formula is C16H19BrN2O. The molecule has 0 spiro atoms. The third kappa shape index (κ3) is 2.19. The summed E-state index contributed by atoms with van der Waals surface area (Å²) in [5.74, 6) is 0.317. The molecule has 0 saturated carbocycles. The van der Waals surface area contributed by atoms with Crippen LogP contribution in [0.1, 0.15) is 31.2 Å². The maximum atomic E-state index is 12.7. The second-order valence-corrected chi connectivity index (χ2v) is 7.33. The topological polar surface area (TPSA) is 32.3 Å². The van der Waals surface area contributed by atoms with Gasteiger partial charge in [-0.3, -0.25) is 4.79 Å². The molecule has 4 heteroatoms. The molecule has 0 atom stereocenters. The number of amides is 1. The molecule has 0 aliphatic carbocycles. The fourth-order valence-electron chi connectivity index (χ4n) is 4.38. The number of nitrogens with zero attached hydrogens (tertiary/aromatic N) is 1. The van der Waals surface area contributed by atoms with E-state index in [-0.39, 0.29) is 0 Å². The SMILES string of the molecule is O=C(Cc1cccc(Br)c1)N1C2CC3CC1CC(C2)N3.